The van der Waals surface area contributed by atoms with E-state index in [1.165, 1.54) is 0 Å². The Morgan fingerprint density at radius 1 is 1.17 bits per heavy atom. The molecule has 0 N–H and O–H groups in total. The van der Waals surface area contributed by atoms with Crippen LogP contribution in [0.3, 0.4) is 0 Å². The van der Waals surface area contributed by atoms with Crippen molar-refractivity contribution in [2.45, 2.75) is 13.8 Å². The molecule has 0 amide bonds. The van der Waals surface area contributed by atoms with E-state index in [2.05, 4.69) is 4.98 Å². The van der Waals surface area contributed by atoms with Crippen LogP contribution >= 0.6 is 11.6 Å². The standard InChI is InChI=1S/C14H14ClNO2/c1-3-17-11-4-6-12(7-5-11)18-13-9-16-14(15)8-10(13)2/h4-9H,3H2,1-2H3. The van der Waals surface area contributed by atoms with Gasteiger partial charge in [0.1, 0.15) is 22.4 Å². The minimum Gasteiger partial charge on any atom is -0.494 e. The molecule has 0 atom stereocenters. The van der Waals surface area contributed by atoms with Crippen molar-refractivity contribution in [2.75, 3.05) is 6.61 Å². The molecule has 0 radical (unpaired) electrons. The van der Waals surface area contributed by atoms with Crippen LogP contribution in [0.5, 0.6) is 17.2 Å². The maximum atomic E-state index is 5.79. The fraction of sp³-hybridized carbons (Fsp3) is 0.214. The molecular weight excluding hydrogens is 250 g/mol. The average molecular weight is 264 g/mol. The molecule has 0 saturated carbocycles. The van der Waals surface area contributed by atoms with Crippen LogP contribution in [0.15, 0.2) is 36.5 Å². The summed E-state index contributed by atoms with van der Waals surface area (Å²) < 4.78 is 11.1. The molecule has 0 aliphatic heterocycles. The highest BCUT2D eigenvalue weighted by molar-refractivity contribution is 6.29. The zero-order valence-electron chi connectivity index (χ0n) is 10.3. The van der Waals surface area contributed by atoms with E-state index in [9.17, 15) is 0 Å². The van der Waals surface area contributed by atoms with Crippen LogP contribution in [0.2, 0.25) is 5.15 Å². The number of hydrogen-bond acceptors (Lipinski definition) is 3. The molecule has 0 spiro atoms. The van der Waals surface area contributed by atoms with Gasteiger partial charge in [0.05, 0.1) is 12.8 Å². The Kier molecular flexibility index (Phi) is 4.05. The van der Waals surface area contributed by atoms with Gasteiger partial charge < -0.3 is 9.47 Å². The summed E-state index contributed by atoms with van der Waals surface area (Å²) in [4.78, 5) is 4.00. The van der Waals surface area contributed by atoms with Crippen molar-refractivity contribution in [2.24, 2.45) is 0 Å². The van der Waals surface area contributed by atoms with Crippen molar-refractivity contribution in [3.63, 3.8) is 0 Å². The zero-order valence-corrected chi connectivity index (χ0v) is 11.1. The lowest BCUT2D eigenvalue weighted by atomic mass is 10.3. The Balaban J connectivity index is 2.13. The van der Waals surface area contributed by atoms with Gasteiger partial charge in [-0.25, -0.2) is 4.98 Å². The van der Waals surface area contributed by atoms with Crippen LogP contribution in [0.25, 0.3) is 0 Å². The summed E-state index contributed by atoms with van der Waals surface area (Å²) >= 11 is 5.79. The first kappa shape index (κ1) is 12.7. The number of ether oxygens (including phenoxy) is 2. The van der Waals surface area contributed by atoms with Crippen molar-refractivity contribution in [1.29, 1.82) is 0 Å². The molecule has 0 aliphatic rings. The van der Waals surface area contributed by atoms with Gasteiger partial charge in [-0.15, -0.1) is 0 Å². The number of aromatic nitrogens is 1. The molecule has 4 heteroatoms. The Morgan fingerprint density at radius 3 is 2.44 bits per heavy atom. The number of pyridine rings is 1. The monoisotopic (exact) mass is 263 g/mol. The Bertz CT molecular complexity index is 526. The molecular formula is C14H14ClNO2. The molecule has 2 rings (SSSR count). The minimum atomic E-state index is 0.464. The third-order valence-electron chi connectivity index (χ3n) is 2.39. The molecule has 0 bridgehead atoms. The lowest BCUT2D eigenvalue weighted by Gasteiger charge is -2.09. The van der Waals surface area contributed by atoms with Gasteiger partial charge in [-0.2, -0.15) is 0 Å². The Labute approximate surface area is 111 Å². The quantitative estimate of drug-likeness (QED) is 0.774. The van der Waals surface area contributed by atoms with E-state index in [1.807, 2.05) is 38.1 Å². The number of halogens is 1. The van der Waals surface area contributed by atoms with Crippen molar-refractivity contribution in [3.8, 4) is 17.2 Å². The first-order valence-electron chi connectivity index (χ1n) is 5.72. The van der Waals surface area contributed by atoms with Crippen LogP contribution in [0.1, 0.15) is 12.5 Å². The summed E-state index contributed by atoms with van der Waals surface area (Å²) in [6.07, 6.45) is 1.62. The summed E-state index contributed by atoms with van der Waals surface area (Å²) in [5, 5.41) is 0.464. The Hall–Kier alpha value is -1.74. The SMILES string of the molecule is CCOc1ccc(Oc2cnc(Cl)cc2C)cc1. The van der Waals surface area contributed by atoms with E-state index in [0.717, 1.165) is 17.1 Å². The molecule has 0 aliphatic carbocycles. The van der Waals surface area contributed by atoms with Crippen molar-refractivity contribution < 1.29 is 9.47 Å². The molecule has 0 unspecified atom stereocenters. The van der Waals surface area contributed by atoms with Crippen molar-refractivity contribution >= 4 is 11.6 Å². The summed E-state index contributed by atoms with van der Waals surface area (Å²) in [5.41, 5.74) is 0.948. The molecule has 18 heavy (non-hydrogen) atoms. The molecule has 1 aromatic carbocycles. The van der Waals surface area contributed by atoms with Crippen LogP contribution in [0, 0.1) is 6.92 Å². The molecule has 94 valence electrons. The van der Waals surface area contributed by atoms with Crippen LogP contribution in [-0.4, -0.2) is 11.6 Å². The lowest BCUT2D eigenvalue weighted by Crippen LogP contribution is -1.92. The maximum absolute atomic E-state index is 5.79. The van der Waals surface area contributed by atoms with Gasteiger partial charge >= 0.3 is 0 Å². The molecule has 3 nitrogen and oxygen atoms in total. The topological polar surface area (TPSA) is 31.4 Å². The van der Waals surface area contributed by atoms with Gasteiger partial charge in [-0.1, -0.05) is 11.6 Å². The van der Waals surface area contributed by atoms with E-state index in [1.54, 1.807) is 12.3 Å². The van der Waals surface area contributed by atoms with Gasteiger partial charge in [-0.3, -0.25) is 0 Å². The predicted octanol–water partition coefficient (Wildman–Crippen LogP) is 4.23. The van der Waals surface area contributed by atoms with Crippen LogP contribution < -0.4 is 9.47 Å². The Morgan fingerprint density at radius 2 is 1.83 bits per heavy atom. The third kappa shape index (κ3) is 3.14. The van der Waals surface area contributed by atoms with E-state index in [0.29, 0.717) is 17.5 Å². The van der Waals surface area contributed by atoms with Gasteiger partial charge in [0, 0.05) is 0 Å². The molecule has 0 saturated heterocycles. The largest absolute Gasteiger partial charge is 0.494 e. The smallest absolute Gasteiger partial charge is 0.148 e. The van der Waals surface area contributed by atoms with Gasteiger partial charge in [0.2, 0.25) is 0 Å². The number of hydrogen-bond donors (Lipinski definition) is 0. The van der Waals surface area contributed by atoms with Gasteiger partial charge in [-0.05, 0) is 49.7 Å². The van der Waals surface area contributed by atoms with E-state index >= 15 is 0 Å². The maximum Gasteiger partial charge on any atom is 0.148 e. The molecule has 0 fully saturated rings. The summed E-state index contributed by atoms with van der Waals surface area (Å²) in [5.74, 6) is 2.27. The van der Waals surface area contributed by atoms with Gasteiger partial charge in [0.15, 0.2) is 0 Å². The minimum absolute atomic E-state index is 0.464. The van der Waals surface area contributed by atoms with Crippen molar-refractivity contribution in [3.05, 3.63) is 47.2 Å². The summed E-state index contributed by atoms with van der Waals surface area (Å²) in [6.45, 7) is 4.53. The van der Waals surface area contributed by atoms with E-state index in [-0.39, 0.29) is 0 Å². The number of benzene rings is 1. The van der Waals surface area contributed by atoms with Crippen molar-refractivity contribution in [1.82, 2.24) is 4.98 Å². The van der Waals surface area contributed by atoms with Crippen LogP contribution in [-0.2, 0) is 0 Å². The highest BCUT2D eigenvalue weighted by Crippen LogP contribution is 2.27. The highest BCUT2D eigenvalue weighted by atomic mass is 35.5. The number of aryl methyl sites for hydroxylation is 1. The third-order valence-corrected chi connectivity index (χ3v) is 2.60. The normalized spacial score (nSPS) is 10.2. The molecule has 1 aromatic heterocycles. The molecule has 1 heterocycles. The predicted molar refractivity (Wildman–Crippen MR) is 71.7 cm³/mol. The second kappa shape index (κ2) is 5.74. The first-order valence-corrected chi connectivity index (χ1v) is 6.09. The second-order valence-electron chi connectivity index (χ2n) is 3.78. The summed E-state index contributed by atoms with van der Waals surface area (Å²) in [7, 11) is 0. The zero-order chi connectivity index (χ0) is 13.0. The molecule has 2 aromatic rings. The number of rotatable bonds is 4. The average Bonchev–Trinajstić information content (AvgIpc) is 2.35. The second-order valence-corrected chi connectivity index (χ2v) is 4.17. The number of nitrogens with zero attached hydrogens (tertiary/aromatic N) is 1. The van der Waals surface area contributed by atoms with E-state index in [4.69, 9.17) is 21.1 Å². The summed E-state index contributed by atoms with van der Waals surface area (Å²) in [6, 6.07) is 9.23. The fourth-order valence-electron chi connectivity index (χ4n) is 1.51. The highest BCUT2D eigenvalue weighted by Gasteiger charge is 2.03. The lowest BCUT2D eigenvalue weighted by molar-refractivity contribution is 0.339. The fourth-order valence-corrected chi connectivity index (χ4v) is 1.73. The van der Waals surface area contributed by atoms with Gasteiger partial charge in [0.25, 0.3) is 0 Å². The first-order chi connectivity index (χ1) is 8.69. The van der Waals surface area contributed by atoms with E-state index < -0.39 is 0 Å². The van der Waals surface area contributed by atoms with Crippen LogP contribution in [0.4, 0.5) is 0 Å².